The van der Waals surface area contributed by atoms with Gasteiger partial charge in [-0.25, -0.2) is 0 Å². The van der Waals surface area contributed by atoms with Crippen LogP contribution in [0.4, 0.5) is 0 Å². The predicted molar refractivity (Wildman–Crippen MR) is 123 cm³/mol. The summed E-state index contributed by atoms with van der Waals surface area (Å²) in [6.45, 7) is 8.63. The molecule has 0 aromatic heterocycles. The van der Waals surface area contributed by atoms with Gasteiger partial charge in [0.25, 0.3) is 5.91 Å². The van der Waals surface area contributed by atoms with Crippen LogP contribution in [0.3, 0.4) is 0 Å². The van der Waals surface area contributed by atoms with Gasteiger partial charge in [0.05, 0.1) is 0 Å². The van der Waals surface area contributed by atoms with Crippen molar-refractivity contribution >= 4 is 27.7 Å². The largest absolute Gasteiger partial charge is 0.484 e. The van der Waals surface area contributed by atoms with Gasteiger partial charge in [-0.2, -0.15) is 0 Å². The fourth-order valence-corrected chi connectivity index (χ4v) is 3.64. The van der Waals surface area contributed by atoms with Crippen molar-refractivity contribution in [2.75, 3.05) is 13.2 Å². The molecule has 2 amide bonds. The molecule has 6 heteroatoms. The van der Waals surface area contributed by atoms with Crippen molar-refractivity contribution in [3.05, 3.63) is 63.6 Å². The highest BCUT2D eigenvalue weighted by atomic mass is 79.9. The summed E-state index contributed by atoms with van der Waals surface area (Å²) >= 11 is 3.46. The molecule has 0 aliphatic heterocycles. The summed E-state index contributed by atoms with van der Waals surface area (Å²) in [4.78, 5) is 27.3. The monoisotopic (exact) mass is 474 g/mol. The Hall–Kier alpha value is -2.34. The molecule has 0 saturated heterocycles. The van der Waals surface area contributed by atoms with E-state index >= 15 is 0 Å². The van der Waals surface area contributed by atoms with E-state index in [-0.39, 0.29) is 18.4 Å². The van der Waals surface area contributed by atoms with E-state index in [1.54, 1.807) is 11.8 Å². The first-order valence-corrected chi connectivity index (χ1v) is 11.1. The molecule has 0 aliphatic rings. The average molecular weight is 475 g/mol. The van der Waals surface area contributed by atoms with Gasteiger partial charge in [-0.1, -0.05) is 47.5 Å². The highest BCUT2D eigenvalue weighted by Gasteiger charge is 2.26. The zero-order chi connectivity index (χ0) is 22.1. The predicted octanol–water partition coefficient (Wildman–Crippen LogP) is 4.78. The van der Waals surface area contributed by atoms with Gasteiger partial charge in [0, 0.05) is 17.6 Å². The van der Waals surface area contributed by atoms with Crippen LogP contribution in [-0.4, -0.2) is 35.9 Å². The molecule has 30 heavy (non-hydrogen) atoms. The van der Waals surface area contributed by atoms with Crippen molar-refractivity contribution in [1.29, 1.82) is 0 Å². The third-order valence-electron chi connectivity index (χ3n) is 4.80. The number of hydrogen-bond acceptors (Lipinski definition) is 3. The van der Waals surface area contributed by atoms with E-state index in [1.807, 2.05) is 50.2 Å². The average Bonchev–Trinajstić information content (AvgIpc) is 2.69. The van der Waals surface area contributed by atoms with Crippen molar-refractivity contribution in [2.24, 2.45) is 0 Å². The van der Waals surface area contributed by atoms with Crippen molar-refractivity contribution < 1.29 is 14.3 Å². The first kappa shape index (κ1) is 23.9. The van der Waals surface area contributed by atoms with Crippen LogP contribution in [0.25, 0.3) is 0 Å². The molecule has 1 N–H and O–H groups in total. The third kappa shape index (κ3) is 7.48. The number of carbonyl (C=O) groups excluding carboxylic acids is 2. The van der Waals surface area contributed by atoms with Crippen LogP contribution >= 0.6 is 15.9 Å². The second kappa shape index (κ2) is 11.7. The number of nitrogens with zero attached hydrogens (tertiary/aromatic N) is 1. The van der Waals surface area contributed by atoms with Crippen LogP contribution in [0, 0.1) is 13.8 Å². The van der Waals surface area contributed by atoms with Crippen LogP contribution in [0.5, 0.6) is 5.75 Å². The van der Waals surface area contributed by atoms with E-state index in [2.05, 4.69) is 34.2 Å². The number of hydrogen-bond donors (Lipinski definition) is 1. The maximum absolute atomic E-state index is 13.1. The van der Waals surface area contributed by atoms with Gasteiger partial charge in [-0.05, 0) is 68.1 Å². The van der Waals surface area contributed by atoms with Gasteiger partial charge in [-0.15, -0.1) is 0 Å². The molecule has 0 unspecified atom stereocenters. The molecule has 162 valence electrons. The van der Waals surface area contributed by atoms with Crippen molar-refractivity contribution in [3.8, 4) is 5.75 Å². The fraction of sp³-hybridized carbons (Fsp3) is 0.417. The van der Waals surface area contributed by atoms with Crippen molar-refractivity contribution in [3.63, 3.8) is 0 Å². The Bertz CT molecular complexity index is 849. The molecular weight excluding hydrogens is 444 g/mol. The molecule has 2 aromatic carbocycles. The molecule has 0 saturated carbocycles. The van der Waals surface area contributed by atoms with E-state index < -0.39 is 6.04 Å². The van der Waals surface area contributed by atoms with E-state index in [1.165, 1.54) is 0 Å². The number of benzene rings is 2. The summed E-state index contributed by atoms with van der Waals surface area (Å²) < 4.78 is 6.70. The zero-order valence-electron chi connectivity index (χ0n) is 18.2. The number of amides is 2. The third-order valence-corrected chi connectivity index (χ3v) is 5.29. The minimum atomic E-state index is -0.601. The summed E-state index contributed by atoms with van der Waals surface area (Å²) in [6, 6.07) is 13.0. The van der Waals surface area contributed by atoms with E-state index in [9.17, 15) is 9.59 Å². The summed E-state index contributed by atoms with van der Waals surface area (Å²) in [5.41, 5.74) is 3.09. The molecule has 0 radical (unpaired) electrons. The number of nitrogens with one attached hydrogen (secondary N) is 1. The number of unbranched alkanes of at least 4 members (excludes halogenated alkanes) is 1. The van der Waals surface area contributed by atoms with Crippen LogP contribution in [-0.2, 0) is 16.1 Å². The van der Waals surface area contributed by atoms with Crippen LogP contribution in [0.15, 0.2) is 46.9 Å². The quantitative estimate of drug-likeness (QED) is 0.504. The molecule has 2 aromatic rings. The maximum atomic E-state index is 13.1. The smallest absolute Gasteiger partial charge is 0.261 e. The molecule has 0 aliphatic carbocycles. The Kier molecular flexibility index (Phi) is 9.37. The highest BCUT2D eigenvalue weighted by molar-refractivity contribution is 9.10. The number of carbonyl (C=O) groups is 2. The standard InChI is InChI=1S/C24H31BrN2O3/c1-5-6-10-26-24(29)19(4)27(15-20-8-7-9-21(25)14-20)23(28)16-30-22-12-17(2)11-18(3)13-22/h7-9,11-14,19H,5-6,10,15-16H2,1-4H3,(H,26,29)/t19-/m0/s1. The second-order valence-electron chi connectivity index (χ2n) is 7.58. The van der Waals surface area contributed by atoms with Crippen LogP contribution in [0.1, 0.15) is 43.4 Å². The molecule has 0 heterocycles. The first-order valence-electron chi connectivity index (χ1n) is 10.3. The summed E-state index contributed by atoms with van der Waals surface area (Å²) in [7, 11) is 0. The molecule has 1 atom stereocenters. The van der Waals surface area contributed by atoms with Crippen LogP contribution in [0.2, 0.25) is 0 Å². The van der Waals surface area contributed by atoms with Crippen LogP contribution < -0.4 is 10.1 Å². The van der Waals surface area contributed by atoms with E-state index in [4.69, 9.17) is 4.74 Å². The first-order chi connectivity index (χ1) is 14.3. The molecule has 5 nitrogen and oxygen atoms in total. The lowest BCUT2D eigenvalue weighted by molar-refractivity contribution is -0.142. The van der Waals surface area contributed by atoms with E-state index in [0.29, 0.717) is 18.8 Å². The summed E-state index contributed by atoms with van der Waals surface area (Å²) in [5, 5.41) is 2.92. The van der Waals surface area contributed by atoms with Gasteiger partial charge in [-0.3, -0.25) is 9.59 Å². The molecular formula is C24H31BrN2O3. The number of aryl methyl sites for hydroxylation is 2. The lowest BCUT2D eigenvalue weighted by atomic mass is 10.1. The second-order valence-corrected chi connectivity index (χ2v) is 8.50. The minimum absolute atomic E-state index is 0.122. The fourth-order valence-electron chi connectivity index (χ4n) is 3.19. The Morgan fingerprint density at radius 2 is 1.83 bits per heavy atom. The number of rotatable bonds is 10. The molecule has 0 bridgehead atoms. The summed E-state index contributed by atoms with van der Waals surface area (Å²) in [6.07, 6.45) is 1.91. The SMILES string of the molecule is CCCCNC(=O)[C@H](C)N(Cc1cccc(Br)c1)C(=O)COc1cc(C)cc(C)c1. The Balaban J connectivity index is 2.13. The van der Waals surface area contributed by atoms with Gasteiger partial charge >= 0.3 is 0 Å². The van der Waals surface area contributed by atoms with E-state index in [0.717, 1.165) is 34.0 Å². The van der Waals surface area contributed by atoms with Gasteiger partial charge in [0.2, 0.25) is 5.91 Å². The highest BCUT2D eigenvalue weighted by Crippen LogP contribution is 2.18. The van der Waals surface area contributed by atoms with Gasteiger partial charge < -0.3 is 15.0 Å². The molecule has 0 fully saturated rings. The Morgan fingerprint density at radius 1 is 1.13 bits per heavy atom. The lowest BCUT2D eigenvalue weighted by Gasteiger charge is -2.29. The number of halogens is 1. The number of ether oxygens (including phenoxy) is 1. The normalized spacial score (nSPS) is 11.6. The lowest BCUT2D eigenvalue weighted by Crippen LogP contribution is -2.49. The summed E-state index contributed by atoms with van der Waals surface area (Å²) in [5.74, 6) is 0.272. The zero-order valence-corrected chi connectivity index (χ0v) is 19.8. The maximum Gasteiger partial charge on any atom is 0.261 e. The van der Waals surface area contributed by atoms with Crippen molar-refractivity contribution in [2.45, 2.75) is 53.1 Å². The topological polar surface area (TPSA) is 58.6 Å². The molecule has 0 spiro atoms. The Morgan fingerprint density at radius 3 is 2.47 bits per heavy atom. The molecule has 2 rings (SSSR count). The van der Waals surface area contributed by atoms with Gasteiger partial charge in [0.1, 0.15) is 11.8 Å². The van der Waals surface area contributed by atoms with Gasteiger partial charge in [0.15, 0.2) is 6.61 Å². The Labute approximate surface area is 187 Å². The minimum Gasteiger partial charge on any atom is -0.484 e. The van der Waals surface area contributed by atoms with Crippen molar-refractivity contribution in [1.82, 2.24) is 10.2 Å².